The van der Waals surface area contributed by atoms with Gasteiger partial charge in [0.05, 0.1) is 18.6 Å². The number of rotatable bonds is 2. The largest absolute Gasteiger partial charge is 0.469 e. The van der Waals surface area contributed by atoms with Gasteiger partial charge in [-0.25, -0.2) is 0 Å². The van der Waals surface area contributed by atoms with Crippen LogP contribution < -0.4 is 0 Å². The lowest BCUT2D eigenvalue weighted by Crippen LogP contribution is -2.45. The van der Waals surface area contributed by atoms with E-state index in [0.717, 1.165) is 0 Å². The SMILES string of the molecule is COC(=O)[C@H]1CCN(C(=O)c2cccnc2)C[C@H]1C. The minimum Gasteiger partial charge on any atom is -0.469 e. The lowest BCUT2D eigenvalue weighted by Gasteiger charge is -2.35. The van der Waals surface area contributed by atoms with Gasteiger partial charge in [-0.2, -0.15) is 0 Å². The Bertz CT molecular complexity index is 461. The van der Waals surface area contributed by atoms with Gasteiger partial charge < -0.3 is 9.64 Å². The molecule has 5 heteroatoms. The molecule has 0 bridgehead atoms. The summed E-state index contributed by atoms with van der Waals surface area (Å²) in [5.74, 6) is -0.200. The topological polar surface area (TPSA) is 59.5 Å². The number of methoxy groups -OCH3 is 1. The van der Waals surface area contributed by atoms with Crippen LogP contribution in [0.15, 0.2) is 24.5 Å². The summed E-state index contributed by atoms with van der Waals surface area (Å²) in [6.07, 6.45) is 3.86. The molecule has 1 fully saturated rings. The number of carbonyl (C=O) groups is 2. The molecule has 2 atom stereocenters. The van der Waals surface area contributed by atoms with E-state index >= 15 is 0 Å². The fourth-order valence-electron chi connectivity index (χ4n) is 2.50. The number of pyridine rings is 1. The summed E-state index contributed by atoms with van der Waals surface area (Å²) in [7, 11) is 1.40. The first-order valence-electron chi connectivity index (χ1n) is 6.40. The van der Waals surface area contributed by atoms with Crippen LogP contribution in [0, 0.1) is 11.8 Å². The molecule has 1 saturated heterocycles. The number of nitrogens with zero attached hydrogens (tertiary/aromatic N) is 2. The van der Waals surface area contributed by atoms with Crippen molar-refractivity contribution in [2.75, 3.05) is 20.2 Å². The monoisotopic (exact) mass is 262 g/mol. The molecule has 2 heterocycles. The van der Waals surface area contributed by atoms with Crippen LogP contribution in [0.3, 0.4) is 0 Å². The molecule has 102 valence electrons. The lowest BCUT2D eigenvalue weighted by molar-refractivity contribution is -0.148. The van der Waals surface area contributed by atoms with Gasteiger partial charge in [-0.3, -0.25) is 14.6 Å². The van der Waals surface area contributed by atoms with E-state index in [0.29, 0.717) is 25.1 Å². The third-order valence-electron chi connectivity index (χ3n) is 3.60. The number of esters is 1. The molecule has 5 nitrogen and oxygen atoms in total. The highest BCUT2D eigenvalue weighted by atomic mass is 16.5. The third kappa shape index (κ3) is 2.92. The van der Waals surface area contributed by atoms with Gasteiger partial charge in [-0.1, -0.05) is 6.92 Å². The molecular weight excluding hydrogens is 244 g/mol. The van der Waals surface area contributed by atoms with Crippen LogP contribution in [-0.4, -0.2) is 42.0 Å². The standard InChI is InChI=1S/C14H18N2O3/c1-10-9-16(7-5-12(10)14(18)19-2)13(17)11-4-3-6-15-8-11/h3-4,6,8,10,12H,5,7,9H2,1-2H3/t10-,12+/m1/s1. The van der Waals surface area contributed by atoms with Crippen LogP contribution in [0.1, 0.15) is 23.7 Å². The Kier molecular flexibility index (Phi) is 4.14. The number of carbonyl (C=O) groups excluding carboxylic acids is 2. The smallest absolute Gasteiger partial charge is 0.309 e. The van der Waals surface area contributed by atoms with Gasteiger partial charge in [0.1, 0.15) is 0 Å². The van der Waals surface area contributed by atoms with Gasteiger partial charge in [0, 0.05) is 25.5 Å². The molecule has 0 saturated carbocycles. The molecule has 0 unspecified atom stereocenters. The zero-order valence-electron chi connectivity index (χ0n) is 11.2. The van der Waals surface area contributed by atoms with E-state index in [2.05, 4.69) is 4.98 Å². The Hall–Kier alpha value is -1.91. The second kappa shape index (κ2) is 5.82. The molecule has 19 heavy (non-hydrogen) atoms. The molecule has 0 N–H and O–H groups in total. The van der Waals surface area contributed by atoms with Gasteiger partial charge in [-0.15, -0.1) is 0 Å². The molecule has 1 aliphatic rings. The second-order valence-corrected chi connectivity index (χ2v) is 4.89. The van der Waals surface area contributed by atoms with Crippen molar-refractivity contribution >= 4 is 11.9 Å². The van der Waals surface area contributed by atoms with Crippen LogP contribution in [0.2, 0.25) is 0 Å². The van der Waals surface area contributed by atoms with Crippen molar-refractivity contribution in [1.29, 1.82) is 0 Å². The molecule has 1 aliphatic heterocycles. The first-order valence-corrected chi connectivity index (χ1v) is 6.40. The number of likely N-dealkylation sites (tertiary alicyclic amines) is 1. The van der Waals surface area contributed by atoms with Gasteiger partial charge in [0.2, 0.25) is 0 Å². The van der Waals surface area contributed by atoms with Crippen molar-refractivity contribution in [3.63, 3.8) is 0 Å². The lowest BCUT2D eigenvalue weighted by atomic mass is 9.87. The van der Waals surface area contributed by atoms with Crippen molar-refractivity contribution < 1.29 is 14.3 Å². The van der Waals surface area contributed by atoms with Crippen LogP contribution >= 0.6 is 0 Å². The highest BCUT2D eigenvalue weighted by Gasteiger charge is 2.33. The van der Waals surface area contributed by atoms with Gasteiger partial charge in [0.25, 0.3) is 5.91 Å². The van der Waals surface area contributed by atoms with Crippen LogP contribution in [0.4, 0.5) is 0 Å². The molecule has 0 aromatic carbocycles. The second-order valence-electron chi connectivity index (χ2n) is 4.89. The van der Waals surface area contributed by atoms with Crippen molar-refractivity contribution in [3.05, 3.63) is 30.1 Å². The van der Waals surface area contributed by atoms with E-state index in [4.69, 9.17) is 4.74 Å². The molecule has 1 aromatic heterocycles. The molecular formula is C14H18N2O3. The fraction of sp³-hybridized carbons (Fsp3) is 0.500. The number of aromatic nitrogens is 1. The fourth-order valence-corrected chi connectivity index (χ4v) is 2.50. The summed E-state index contributed by atoms with van der Waals surface area (Å²) >= 11 is 0. The number of ether oxygens (including phenoxy) is 1. The van der Waals surface area contributed by atoms with Crippen molar-refractivity contribution in [2.24, 2.45) is 11.8 Å². The Balaban J connectivity index is 2.02. The summed E-state index contributed by atoms with van der Waals surface area (Å²) in [6, 6.07) is 3.50. The summed E-state index contributed by atoms with van der Waals surface area (Å²) in [5, 5.41) is 0. The molecule has 1 amide bonds. The number of piperidine rings is 1. The Morgan fingerprint density at radius 1 is 1.47 bits per heavy atom. The van der Waals surface area contributed by atoms with Crippen LogP contribution in [0.25, 0.3) is 0 Å². The summed E-state index contributed by atoms with van der Waals surface area (Å²) in [5.41, 5.74) is 0.589. The molecule has 0 radical (unpaired) electrons. The van der Waals surface area contributed by atoms with E-state index in [9.17, 15) is 9.59 Å². The average Bonchev–Trinajstić information content (AvgIpc) is 2.46. The van der Waals surface area contributed by atoms with Crippen molar-refractivity contribution in [3.8, 4) is 0 Å². The Morgan fingerprint density at radius 3 is 2.84 bits per heavy atom. The molecule has 2 rings (SSSR count). The van der Waals surface area contributed by atoms with Crippen LogP contribution in [0.5, 0.6) is 0 Å². The molecule has 1 aromatic rings. The van der Waals surface area contributed by atoms with E-state index in [1.807, 2.05) is 6.92 Å². The van der Waals surface area contributed by atoms with Gasteiger partial charge in [-0.05, 0) is 24.5 Å². The summed E-state index contributed by atoms with van der Waals surface area (Å²) in [4.78, 5) is 29.6. The Morgan fingerprint density at radius 2 is 2.26 bits per heavy atom. The van der Waals surface area contributed by atoms with Gasteiger partial charge >= 0.3 is 5.97 Å². The minimum absolute atomic E-state index is 0.0248. The van der Waals surface area contributed by atoms with Crippen LogP contribution in [-0.2, 0) is 9.53 Å². The summed E-state index contributed by atoms with van der Waals surface area (Å²) < 4.78 is 4.79. The van der Waals surface area contributed by atoms with E-state index in [1.165, 1.54) is 7.11 Å². The number of hydrogen-bond donors (Lipinski definition) is 0. The average molecular weight is 262 g/mol. The normalized spacial score (nSPS) is 22.9. The maximum absolute atomic E-state index is 12.3. The first kappa shape index (κ1) is 13.5. The highest BCUT2D eigenvalue weighted by molar-refractivity contribution is 5.94. The Labute approximate surface area is 112 Å². The maximum Gasteiger partial charge on any atom is 0.309 e. The van der Waals surface area contributed by atoms with E-state index in [1.54, 1.807) is 29.4 Å². The zero-order valence-corrected chi connectivity index (χ0v) is 11.2. The summed E-state index contributed by atoms with van der Waals surface area (Å²) in [6.45, 7) is 3.13. The predicted octanol–water partition coefficient (Wildman–Crippen LogP) is 1.35. The molecule has 0 spiro atoms. The van der Waals surface area contributed by atoms with Gasteiger partial charge in [0.15, 0.2) is 0 Å². The van der Waals surface area contributed by atoms with Crippen molar-refractivity contribution in [2.45, 2.75) is 13.3 Å². The number of hydrogen-bond acceptors (Lipinski definition) is 4. The zero-order chi connectivity index (χ0) is 13.8. The van der Waals surface area contributed by atoms with E-state index in [-0.39, 0.29) is 23.7 Å². The highest BCUT2D eigenvalue weighted by Crippen LogP contribution is 2.25. The first-order chi connectivity index (χ1) is 9.13. The molecule has 0 aliphatic carbocycles. The third-order valence-corrected chi connectivity index (χ3v) is 3.60. The van der Waals surface area contributed by atoms with Crippen molar-refractivity contribution in [1.82, 2.24) is 9.88 Å². The number of amides is 1. The quantitative estimate of drug-likeness (QED) is 0.755. The predicted molar refractivity (Wildman–Crippen MR) is 69.4 cm³/mol. The minimum atomic E-state index is -0.180. The maximum atomic E-state index is 12.3. The van der Waals surface area contributed by atoms with E-state index < -0.39 is 0 Å².